The van der Waals surface area contributed by atoms with Crippen molar-refractivity contribution < 1.29 is 23.1 Å². The van der Waals surface area contributed by atoms with E-state index in [4.69, 9.17) is 19.6 Å². The molecule has 0 spiro atoms. The quantitative estimate of drug-likeness (QED) is 0.378. The van der Waals surface area contributed by atoms with Gasteiger partial charge >= 0.3 is 5.97 Å². The first-order valence-electron chi connectivity index (χ1n) is 10.4. The molecule has 4 rings (SSSR count). The van der Waals surface area contributed by atoms with Gasteiger partial charge in [0.1, 0.15) is 23.8 Å². The van der Waals surface area contributed by atoms with Crippen molar-refractivity contribution in [1.82, 2.24) is 0 Å². The third-order valence-corrected chi connectivity index (χ3v) is 5.18. The van der Waals surface area contributed by atoms with Crippen molar-refractivity contribution in [2.75, 3.05) is 6.61 Å². The largest absolute Gasteiger partial charge is 0.488 e. The number of hydrogen-bond acceptors (Lipinski definition) is 5. The van der Waals surface area contributed by atoms with Crippen molar-refractivity contribution in [1.29, 1.82) is 0 Å². The van der Waals surface area contributed by atoms with Crippen LogP contribution in [0, 0.1) is 5.82 Å². The summed E-state index contributed by atoms with van der Waals surface area (Å²) in [5.41, 5.74) is 10.6. The lowest BCUT2D eigenvalue weighted by atomic mass is 9.99. The molecule has 6 heteroatoms. The van der Waals surface area contributed by atoms with Gasteiger partial charge in [0.2, 0.25) is 0 Å². The Labute approximate surface area is 185 Å². The molecule has 0 fully saturated rings. The predicted octanol–water partition coefficient (Wildman–Crippen LogP) is 5.38. The average molecular weight is 433 g/mol. The molecule has 0 aliphatic rings. The first kappa shape index (κ1) is 21.6. The molecule has 4 aromatic rings. The first-order valence-corrected chi connectivity index (χ1v) is 10.4. The fourth-order valence-corrected chi connectivity index (χ4v) is 3.67. The maximum absolute atomic E-state index is 14.4. The second-order valence-electron chi connectivity index (χ2n) is 7.37. The van der Waals surface area contributed by atoms with Crippen LogP contribution >= 0.6 is 0 Å². The fourth-order valence-electron chi connectivity index (χ4n) is 3.67. The summed E-state index contributed by atoms with van der Waals surface area (Å²) in [5, 5.41) is 0.935. The van der Waals surface area contributed by atoms with E-state index in [0.717, 1.165) is 33.2 Å². The van der Waals surface area contributed by atoms with Crippen LogP contribution in [-0.4, -0.2) is 12.6 Å². The number of carbonyl (C=O) groups excluding carboxylic acids is 1. The van der Waals surface area contributed by atoms with E-state index in [1.54, 1.807) is 25.3 Å². The van der Waals surface area contributed by atoms with E-state index in [2.05, 4.69) is 0 Å². The minimum absolute atomic E-state index is 0.186. The van der Waals surface area contributed by atoms with Gasteiger partial charge in [-0.3, -0.25) is 4.79 Å². The number of carbonyl (C=O) groups is 1. The molecule has 2 N–H and O–H groups in total. The number of esters is 1. The van der Waals surface area contributed by atoms with Crippen molar-refractivity contribution in [2.24, 2.45) is 5.73 Å². The van der Waals surface area contributed by atoms with Crippen LogP contribution in [-0.2, 0) is 29.1 Å². The molecule has 0 atom stereocenters. The SMILES string of the molecule is CCOC(=O)Cc1c(F)cccc1OCc1cc(-c2cccc(CN)c2)c2occc2c1. The monoisotopic (exact) mass is 433 g/mol. The van der Waals surface area contributed by atoms with Crippen molar-refractivity contribution in [3.63, 3.8) is 0 Å². The normalized spacial score (nSPS) is 11.0. The van der Waals surface area contributed by atoms with Gasteiger partial charge in [-0.1, -0.05) is 24.3 Å². The molecule has 0 bridgehead atoms. The van der Waals surface area contributed by atoms with Gasteiger partial charge in [-0.2, -0.15) is 0 Å². The molecule has 0 aliphatic carbocycles. The summed E-state index contributed by atoms with van der Waals surface area (Å²) in [7, 11) is 0. The molecule has 0 amide bonds. The van der Waals surface area contributed by atoms with Crippen LogP contribution in [0.3, 0.4) is 0 Å². The fraction of sp³-hybridized carbons (Fsp3) is 0.192. The molecular formula is C26H24FNO4. The van der Waals surface area contributed by atoms with Crippen LogP contribution in [0.1, 0.15) is 23.6 Å². The van der Waals surface area contributed by atoms with E-state index in [1.165, 1.54) is 6.07 Å². The zero-order valence-electron chi connectivity index (χ0n) is 17.8. The minimum Gasteiger partial charge on any atom is -0.488 e. The van der Waals surface area contributed by atoms with E-state index >= 15 is 0 Å². The van der Waals surface area contributed by atoms with Crippen LogP contribution in [0.25, 0.3) is 22.1 Å². The summed E-state index contributed by atoms with van der Waals surface area (Å²) < 4.78 is 31.0. The third kappa shape index (κ3) is 4.65. The molecule has 32 heavy (non-hydrogen) atoms. The highest BCUT2D eigenvalue weighted by Gasteiger charge is 2.16. The maximum Gasteiger partial charge on any atom is 0.310 e. The number of rotatable bonds is 8. The minimum atomic E-state index is -0.500. The molecule has 5 nitrogen and oxygen atoms in total. The second kappa shape index (κ2) is 9.66. The molecule has 164 valence electrons. The average Bonchev–Trinajstić information content (AvgIpc) is 3.28. The van der Waals surface area contributed by atoms with Gasteiger partial charge in [-0.25, -0.2) is 4.39 Å². The lowest BCUT2D eigenvalue weighted by Crippen LogP contribution is -2.10. The topological polar surface area (TPSA) is 74.7 Å². The lowest BCUT2D eigenvalue weighted by molar-refractivity contribution is -0.142. The van der Waals surface area contributed by atoms with Gasteiger partial charge in [-0.15, -0.1) is 0 Å². The van der Waals surface area contributed by atoms with Gasteiger partial charge in [0.05, 0.1) is 19.3 Å². The van der Waals surface area contributed by atoms with Crippen molar-refractivity contribution >= 4 is 16.9 Å². The molecule has 0 saturated carbocycles. The molecule has 1 heterocycles. The molecule has 0 saturated heterocycles. The number of hydrogen-bond donors (Lipinski definition) is 1. The van der Waals surface area contributed by atoms with Crippen molar-refractivity contribution in [2.45, 2.75) is 26.5 Å². The summed E-state index contributed by atoms with van der Waals surface area (Å²) in [6, 6.07) is 18.4. The number of benzene rings is 3. The van der Waals surface area contributed by atoms with Gasteiger partial charge in [0.15, 0.2) is 0 Å². The van der Waals surface area contributed by atoms with Gasteiger partial charge in [-0.05, 0) is 60.0 Å². The molecular weight excluding hydrogens is 409 g/mol. The summed E-state index contributed by atoms with van der Waals surface area (Å²) >= 11 is 0. The summed E-state index contributed by atoms with van der Waals surface area (Å²) in [4.78, 5) is 11.9. The zero-order chi connectivity index (χ0) is 22.5. The molecule has 3 aromatic carbocycles. The van der Waals surface area contributed by atoms with Crippen LogP contribution in [0.15, 0.2) is 71.3 Å². The van der Waals surface area contributed by atoms with Crippen LogP contribution in [0.2, 0.25) is 0 Å². The Hall–Kier alpha value is -3.64. The summed E-state index contributed by atoms with van der Waals surface area (Å²) in [6.45, 7) is 2.59. The lowest BCUT2D eigenvalue weighted by Gasteiger charge is -2.13. The highest BCUT2D eigenvalue weighted by molar-refractivity contribution is 5.93. The van der Waals surface area contributed by atoms with Gasteiger partial charge in [0, 0.05) is 23.1 Å². The Bertz CT molecular complexity index is 1250. The first-order chi connectivity index (χ1) is 15.6. The Morgan fingerprint density at radius 1 is 1.06 bits per heavy atom. The van der Waals surface area contributed by atoms with Crippen molar-refractivity contribution in [3.8, 4) is 16.9 Å². The number of fused-ring (bicyclic) bond motifs is 1. The highest BCUT2D eigenvalue weighted by atomic mass is 19.1. The number of furan rings is 1. The van der Waals surface area contributed by atoms with Gasteiger partial charge in [0.25, 0.3) is 0 Å². The highest BCUT2D eigenvalue weighted by Crippen LogP contribution is 2.32. The van der Waals surface area contributed by atoms with E-state index in [0.29, 0.717) is 12.3 Å². The summed E-state index contributed by atoms with van der Waals surface area (Å²) in [5.74, 6) is -0.679. The van der Waals surface area contributed by atoms with Crippen LogP contribution in [0.5, 0.6) is 5.75 Å². The van der Waals surface area contributed by atoms with Crippen molar-refractivity contribution in [3.05, 3.63) is 89.4 Å². The second-order valence-corrected chi connectivity index (χ2v) is 7.37. The standard InChI is InChI=1S/C26H24FNO4/c1-2-30-25(29)14-22-23(27)7-4-8-24(22)32-16-18-12-20-9-10-31-26(20)21(13-18)19-6-3-5-17(11-19)15-28/h3-13H,2,14-16,28H2,1H3. The predicted molar refractivity (Wildman–Crippen MR) is 121 cm³/mol. The van der Waals surface area contributed by atoms with Crippen LogP contribution in [0.4, 0.5) is 4.39 Å². The zero-order valence-corrected chi connectivity index (χ0v) is 17.8. The van der Waals surface area contributed by atoms with Crippen LogP contribution < -0.4 is 10.5 Å². The molecule has 0 aliphatic heterocycles. The number of ether oxygens (including phenoxy) is 2. The van der Waals surface area contributed by atoms with E-state index in [9.17, 15) is 9.18 Å². The maximum atomic E-state index is 14.4. The Balaban J connectivity index is 1.64. The third-order valence-electron chi connectivity index (χ3n) is 5.18. The Kier molecular flexibility index (Phi) is 6.52. The molecule has 0 radical (unpaired) electrons. The smallest absolute Gasteiger partial charge is 0.310 e. The Morgan fingerprint density at radius 3 is 2.72 bits per heavy atom. The summed E-state index contributed by atoms with van der Waals surface area (Å²) in [6.07, 6.45) is 1.46. The van der Waals surface area contributed by atoms with Gasteiger partial charge < -0.3 is 19.6 Å². The Morgan fingerprint density at radius 2 is 1.91 bits per heavy atom. The van der Waals surface area contributed by atoms with E-state index < -0.39 is 11.8 Å². The number of halogens is 1. The number of nitrogens with two attached hydrogens (primary N) is 1. The van der Waals surface area contributed by atoms with E-state index in [-0.39, 0.29) is 25.2 Å². The molecule has 1 aromatic heterocycles. The van der Waals surface area contributed by atoms with E-state index in [1.807, 2.05) is 42.5 Å². The molecule has 0 unspecified atom stereocenters.